The van der Waals surface area contributed by atoms with Crippen molar-refractivity contribution in [3.8, 4) is 0 Å². The maximum absolute atomic E-state index is 12.8. The summed E-state index contributed by atoms with van der Waals surface area (Å²) in [4.78, 5) is 14.5. The van der Waals surface area contributed by atoms with Crippen LogP contribution in [0.15, 0.2) is 48.5 Å². The van der Waals surface area contributed by atoms with Gasteiger partial charge in [-0.1, -0.05) is 35.9 Å². The number of β-amino-alcohol motifs (C(OH)–C–C–N with tert-alkyl or cyclic N) is 1. The molecule has 0 radical (unpaired) electrons. The topological polar surface area (TPSA) is 76.6 Å². The summed E-state index contributed by atoms with van der Waals surface area (Å²) in [6, 6.07) is 16.3. The molecule has 2 aromatic rings. The van der Waals surface area contributed by atoms with E-state index in [-0.39, 0.29) is 12.2 Å². The molecule has 2 aliphatic heterocycles. The van der Waals surface area contributed by atoms with Crippen LogP contribution in [0, 0.1) is 6.92 Å². The third-order valence-electron chi connectivity index (χ3n) is 5.79. The number of hydrogen-bond donors (Lipinski definition) is 4. The lowest BCUT2D eigenvalue weighted by molar-refractivity contribution is 0.0474. The quantitative estimate of drug-likeness (QED) is 0.640. The molecule has 1 atom stereocenters. The van der Waals surface area contributed by atoms with Crippen molar-refractivity contribution in [1.82, 2.24) is 15.5 Å². The van der Waals surface area contributed by atoms with Gasteiger partial charge in [0.2, 0.25) is 0 Å². The van der Waals surface area contributed by atoms with Crippen LogP contribution in [0.25, 0.3) is 0 Å². The second-order valence-electron chi connectivity index (χ2n) is 8.13. The van der Waals surface area contributed by atoms with E-state index in [2.05, 4.69) is 47.1 Å². The number of likely N-dealkylation sites (tertiary alicyclic amines) is 1. The van der Waals surface area contributed by atoms with Crippen molar-refractivity contribution in [3.05, 3.63) is 65.2 Å². The molecule has 2 heterocycles. The normalized spacial score (nSPS) is 24.9. The predicted octanol–water partition coefficient (Wildman–Crippen LogP) is 2.26. The smallest absolute Gasteiger partial charge is 0.254 e. The maximum atomic E-state index is 12.8. The minimum absolute atomic E-state index is 0.0172. The standard InChI is InChI=1S/C23H30N4O2/c1-16-7-9-17(10-8-16)19-13-24-23(25-14-19)26-20-5-2-4-18(12-20)22(29)27-11-3-6-21(28)15-27/h2,4-5,7-10,12,19,21,23-26,28H,3,6,11,13-15H2,1H3. The van der Waals surface area contributed by atoms with Crippen LogP contribution >= 0.6 is 0 Å². The van der Waals surface area contributed by atoms with Crippen LogP contribution < -0.4 is 16.0 Å². The molecule has 0 aromatic heterocycles. The summed E-state index contributed by atoms with van der Waals surface area (Å²) >= 11 is 0. The third-order valence-corrected chi connectivity index (χ3v) is 5.79. The maximum Gasteiger partial charge on any atom is 0.254 e. The molecule has 2 aliphatic rings. The molecule has 1 unspecified atom stereocenters. The first-order valence-electron chi connectivity index (χ1n) is 10.5. The lowest BCUT2D eigenvalue weighted by atomic mass is 9.97. The largest absolute Gasteiger partial charge is 0.391 e. The molecular formula is C23H30N4O2. The number of nitrogens with zero attached hydrogens (tertiary/aromatic N) is 1. The first-order valence-corrected chi connectivity index (χ1v) is 10.5. The highest BCUT2D eigenvalue weighted by molar-refractivity contribution is 5.95. The van der Waals surface area contributed by atoms with Crippen molar-refractivity contribution in [1.29, 1.82) is 0 Å². The fourth-order valence-electron chi connectivity index (χ4n) is 4.07. The van der Waals surface area contributed by atoms with E-state index in [1.807, 2.05) is 24.3 Å². The summed E-state index contributed by atoms with van der Waals surface area (Å²) in [6.45, 7) is 5.01. The van der Waals surface area contributed by atoms with Gasteiger partial charge in [0.05, 0.1) is 6.10 Å². The molecule has 154 valence electrons. The molecule has 2 fully saturated rings. The van der Waals surface area contributed by atoms with E-state index >= 15 is 0 Å². The van der Waals surface area contributed by atoms with E-state index in [1.54, 1.807) is 4.90 Å². The van der Waals surface area contributed by atoms with Crippen molar-refractivity contribution < 1.29 is 9.90 Å². The second kappa shape index (κ2) is 8.95. The minimum atomic E-state index is -0.411. The highest BCUT2D eigenvalue weighted by Gasteiger charge is 2.24. The fraction of sp³-hybridized carbons (Fsp3) is 0.435. The number of aliphatic hydroxyl groups is 1. The van der Waals surface area contributed by atoms with E-state index in [0.29, 0.717) is 24.6 Å². The van der Waals surface area contributed by atoms with Gasteiger partial charge in [-0.2, -0.15) is 0 Å². The molecule has 29 heavy (non-hydrogen) atoms. The lowest BCUT2D eigenvalue weighted by Crippen LogP contribution is -2.55. The predicted molar refractivity (Wildman–Crippen MR) is 115 cm³/mol. The average Bonchev–Trinajstić information content (AvgIpc) is 2.75. The van der Waals surface area contributed by atoms with E-state index in [0.717, 1.165) is 31.6 Å². The number of hydrogen-bond acceptors (Lipinski definition) is 5. The molecule has 4 rings (SSSR count). The van der Waals surface area contributed by atoms with Crippen LogP contribution in [-0.2, 0) is 0 Å². The van der Waals surface area contributed by atoms with Gasteiger partial charge < -0.3 is 15.3 Å². The number of carbonyl (C=O) groups excluding carboxylic acids is 1. The van der Waals surface area contributed by atoms with E-state index < -0.39 is 6.10 Å². The number of anilines is 1. The first-order chi connectivity index (χ1) is 14.1. The van der Waals surface area contributed by atoms with Crippen LogP contribution in [0.4, 0.5) is 5.69 Å². The summed E-state index contributed by atoms with van der Waals surface area (Å²) in [5.41, 5.74) is 4.16. The van der Waals surface area contributed by atoms with E-state index in [1.165, 1.54) is 11.1 Å². The highest BCUT2D eigenvalue weighted by atomic mass is 16.3. The number of piperidine rings is 1. The Morgan fingerprint density at radius 2 is 1.90 bits per heavy atom. The highest BCUT2D eigenvalue weighted by Crippen LogP contribution is 2.20. The van der Waals surface area contributed by atoms with Crippen LogP contribution in [-0.4, -0.2) is 54.5 Å². The number of rotatable bonds is 4. The van der Waals surface area contributed by atoms with E-state index in [4.69, 9.17) is 0 Å². The second-order valence-corrected chi connectivity index (χ2v) is 8.13. The minimum Gasteiger partial charge on any atom is -0.391 e. The molecule has 0 saturated carbocycles. The Morgan fingerprint density at radius 3 is 2.62 bits per heavy atom. The Hall–Kier alpha value is -2.41. The third kappa shape index (κ3) is 4.96. The zero-order chi connectivity index (χ0) is 20.2. The van der Waals surface area contributed by atoms with Crippen molar-refractivity contribution in [2.45, 2.75) is 38.1 Å². The van der Waals surface area contributed by atoms with Crippen molar-refractivity contribution in [2.75, 3.05) is 31.5 Å². The summed E-state index contributed by atoms with van der Waals surface area (Å²) in [5.74, 6) is 0.420. The SMILES string of the molecule is Cc1ccc(C2CNC(Nc3cccc(C(=O)N4CCCC(O)C4)c3)NC2)cc1. The molecule has 4 N–H and O–H groups in total. The molecular weight excluding hydrogens is 364 g/mol. The van der Waals surface area contributed by atoms with Crippen molar-refractivity contribution in [2.24, 2.45) is 0 Å². The summed E-state index contributed by atoms with van der Waals surface area (Å²) in [6.07, 6.45) is 1.17. The number of aryl methyl sites for hydroxylation is 1. The van der Waals surface area contributed by atoms with Gasteiger partial charge in [-0.3, -0.25) is 15.4 Å². The molecule has 2 saturated heterocycles. The van der Waals surface area contributed by atoms with Gasteiger partial charge in [0.1, 0.15) is 6.29 Å². The Labute approximate surface area is 172 Å². The molecule has 1 amide bonds. The first kappa shape index (κ1) is 19.9. The summed E-state index contributed by atoms with van der Waals surface area (Å²) in [5, 5.41) is 20.3. The number of amides is 1. The van der Waals surface area contributed by atoms with Crippen LogP contribution in [0.5, 0.6) is 0 Å². The molecule has 0 aliphatic carbocycles. The van der Waals surface area contributed by atoms with Gasteiger partial charge in [-0.25, -0.2) is 0 Å². The van der Waals surface area contributed by atoms with Crippen LogP contribution in [0.1, 0.15) is 40.2 Å². The molecule has 2 aromatic carbocycles. The van der Waals surface area contributed by atoms with Gasteiger partial charge in [-0.15, -0.1) is 0 Å². The lowest BCUT2D eigenvalue weighted by Gasteiger charge is -2.33. The molecule has 0 spiro atoms. The Balaban J connectivity index is 1.34. The molecule has 6 nitrogen and oxygen atoms in total. The van der Waals surface area contributed by atoms with Gasteiger partial charge in [-0.05, 0) is 43.5 Å². The van der Waals surface area contributed by atoms with Crippen molar-refractivity contribution >= 4 is 11.6 Å². The Bertz CT molecular complexity index is 831. The summed E-state index contributed by atoms with van der Waals surface area (Å²) in [7, 11) is 0. The average molecular weight is 395 g/mol. The summed E-state index contributed by atoms with van der Waals surface area (Å²) < 4.78 is 0. The van der Waals surface area contributed by atoms with Gasteiger partial charge in [0.15, 0.2) is 0 Å². The number of benzene rings is 2. The van der Waals surface area contributed by atoms with Crippen LogP contribution in [0.2, 0.25) is 0 Å². The monoisotopic (exact) mass is 394 g/mol. The van der Waals surface area contributed by atoms with Gasteiger partial charge in [0, 0.05) is 43.3 Å². The Morgan fingerprint density at radius 1 is 1.14 bits per heavy atom. The van der Waals surface area contributed by atoms with E-state index in [9.17, 15) is 9.90 Å². The zero-order valence-corrected chi connectivity index (χ0v) is 16.9. The van der Waals surface area contributed by atoms with Gasteiger partial charge >= 0.3 is 0 Å². The Kier molecular flexibility index (Phi) is 6.13. The van der Waals surface area contributed by atoms with Gasteiger partial charge in [0.25, 0.3) is 5.91 Å². The fourth-order valence-corrected chi connectivity index (χ4v) is 4.07. The number of nitrogens with one attached hydrogen (secondary N) is 3. The number of aliphatic hydroxyl groups excluding tert-OH is 1. The van der Waals surface area contributed by atoms with Crippen molar-refractivity contribution in [3.63, 3.8) is 0 Å². The van der Waals surface area contributed by atoms with Crippen LogP contribution in [0.3, 0.4) is 0 Å². The molecule has 0 bridgehead atoms. The molecule has 6 heteroatoms. The zero-order valence-electron chi connectivity index (χ0n) is 16.9. The number of carbonyl (C=O) groups is 1.